The van der Waals surface area contributed by atoms with Crippen molar-refractivity contribution in [2.75, 3.05) is 112 Å². The zero-order valence-corrected chi connectivity index (χ0v) is 73.1. The lowest BCUT2D eigenvalue weighted by molar-refractivity contribution is 0.0390. The van der Waals surface area contributed by atoms with E-state index in [0.717, 1.165) is 13.1 Å². The van der Waals surface area contributed by atoms with Crippen LogP contribution in [0, 0.1) is 52.2 Å². The first-order valence-electron chi connectivity index (χ1n) is 36.1. The standard InChI is InChI=1S/C24H20Cl3N5O4S.C19H19Cl2N3O4S.C18H17Cl2N3O3S.C17H15Cl2N3O3S/c1-14-29-23(27)19-13-31(24(33)32(14)19)17-6-8-30(9-7-17)37(34,35)22-10-15(12-28)2-5-20(22)36-21-11-16(25)3-4-18(21)26;20-15-2-3-16(21)18(12-15)28-17-4-1-14(13-22)11-19(17)29(25,26)23-5-6-24-7-9-27-10-8-24;1-22-6-8-23(9-7-22)27(24,25)18-10-13(12-21)2-5-16(18)26-17-11-14(19)3-4-15(17)20;18-13-2-3-14(19)16(10-13)25-15-4-1-12(11-20)9-17(15)26(23,24)22-7-5-21-6-8-22/h2-5,10-11,17H,6-9,13H2,1H3;1-4,11-12,23H,5-10H2;2-5,10-11H,6-9H2,1H3;1-4,9-10,21H,5-8H2. The second-order valence-electron chi connectivity index (χ2n) is 26.8. The molecule has 5 aliphatic heterocycles. The molecule has 6 heterocycles. The second kappa shape index (κ2) is 40.6. The smallest absolute Gasteiger partial charge is 0.330 e. The predicted molar refractivity (Wildman–Crippen MR) is 451 cm³/mol. The summed E-state index contributed by atoms with van der Waals surface area (Å²) in [6.45, 7) is 9.79. The third-order valence-corrected chi connectivity index (χ3v) is 28.7. The molecule has 0 radical (unpaired) electrons. The molecule has 28 nitrogen and oxygen atoms in total. The van der Waals surface area contributed by atoms with Crippen LogP contribution in [0.4, 0.5) is 4.79 Å². The summed E-state index contributed by atoms with van der Waals surface area (Å²) in [5, 5.41) is 43.0. The van der Waals surface area contributed by atoms with Crippen LogP contribution in [0.5, 0.6) is 46.0 Å². The number of fused-ring (bicyclic) bond motifs is 1. The first-order chi connectivity index (χ1) is 56.7. The number of amides is 1. The summed E-state index contributed by atoms with van der Waals surface area (Å²) in [7, 11) is -13.7. The molecule has 0 saturated carbocycles. The molecule has 0 unspecified atom stereocenters. The highest BCUT2D eigenvalue weighted by atomic mass is 35.5. The minimum atomic E-state index is -4.04. The van der Waals surface area contributed by atoms with Crippen LogP contribution in [0.2, 0.25) is 45.3 Å². The quantitative estimate of drug-likeness (QED) is 0.0715. The number of benzene rings is 8. The number of morpholine rings is 1. The van der Waals surface area contributed by atoms with E-state index in [4.69, 9.17) is 133 Å². The number of ether oxygens (including phenoxy) is 5. The molecule has 0 atom stereocenters. The molecule has 9 aromatic rings. The number of carbonyl (C=O) groups is 1. The van der Waals surface area contributed by atoms with Gasteiger partial charge in [-0.15, -0.1) is 0 Å². The molecule has 0 aliphatic carbocycles. The molecular weight excluding hydrogens is 1800 g/mol. The number of imidazole rings is 1. The summed E-state index contributed by atoms with van der Waals surface area (Å²) in [6.07, 6.45) is 0.877. The topological polar surface area (TPSA) is 356 Å². The van der Waals surface area contributed by atoms with Gasteiger partial charge in [0.25, 0.3) is 0 Å². The number of hydrogen-bond acceptors (Lipinski definition) is 22. The Morgan fingerprint density at radius 3 is 1.18 bits per heavy atom. The van der Waals surface area contributed by atoms with E-state index in [1.54, 1.807) is 60.4 Å². The number of carbonyl (C=O) groups excluding carboxylic acids is 1. The van der Waals surface area contributed by atoms with Gasteiger partial charge in [-0.25, -0.2) is 52.7 Å². The minimum absolute atomic E-state index is 0.0250. The van der Waals surface area contributed by atoms with Crippen molar-refractivity contribution in [2.24, 2.45) is 0 Å². The molecule has 0 bridgehead atoms. The third kappa shape index (κ3) is 22.7. The number of piperidine rings is 1. The van der Waals surface area contributed by atoms with Crippen molar-refractivity contribution in [3.8, 4) is 70.3 Å². The SMILES string of the molecule is CN1CCN(S(=O)(=O)c2cc(C#N)ccc2Oc2cc(Cl)ccc2Cl)CC1.Cc1nc(Cl)c2n1C(=O)N(C1CCN(S(=O)(=O)c3cc(C#N)ccc3Oc3cc(Cl)ccc3Cl)CC1)C2.N#Cc1ccc(Oc2cc(Cl)ccc2Cl)c(S(=O)(=O)N2CCNCC2)c1.N#Cc1ccc(Oc2cc(Cl)ccc2Cl)c(S(=O)(=O)NCCN2CCOCC2)c1. The third-order valence-electron chi connectivity index (χ3n) is 19.0. The number of hydrogen-bond donors (Lipinski definition) is 2. The highest BCUT2D eigenvalue weighted by Crippen LogP contribution is 2.43. The Labute approximate surface area is 733 Å². The molecule has 1 amide bonds. The number of sulfonamides is 4. The molecular formula is C78H71Cl9N14O14S4. The number of rotatable bonds is 20. The fraction of sp³-hybridized carbons (Fsp3) is 0.282. The maximum Gasteiger partial charge on any atom is 0.330 e. The van der Waals surface area contributed by atoms with E-state index >= 15 is 0 Å². The number of nitrogens with zero attached hydrogens (tertiary/aromatic N) is 12. The van der Waals surface area contributed by atoms with E-state index in [9.17, 15) is 54.3 Å². The number of likely N-dealkylation sites (N-methyl/N-ethyl adjacent to an activating group) is 1. The van der Waals surface area contributed by atoms with Crippen molar-refractivity contribution in [2.45, 2.75) is 51.9 Å². The molecule has 4 fully saturated rings. The highest BCUT2D eigenvalue weighted by Gasteiger charge is 2.41. The molecule has 5 aliphatic rings. The summed E-state index contributed by atoms with van der Waals surface area (Å²) >= 11 is 54.7. The van der Waals surface area contributed by atoms with Crippen LogP contribution in [-0.4, -0.2) is 195 Å². The second-order valence-corrected chi connectivity index (χ2v) is 38.0. The van der Waals surface area contributed by atoms with Gasteiger partial charge in [-0.2, -0.15) is 34.0 Å². The van der Waals surface area contributed by atoms with Crippen LogP contribution >= 0.6 is 104 Å². The van der Waals surface area contributed by atoms with Crippen molar-refractivity contribution in [1.29, 1.82) is 21.0 Å². The van der Waals surface area contributed by atoms with E-state index in [1.165, 1.54) is 115 Å². The summed E-state index contributed by atoms with van der Waals surface area (Å²) in [5.41, 5.74) is 1.47. The van der Waals surface area contributed by atoms with Crippen LogP contribution in [0.15, 0.2) is 165 Å². The molecule has 119 heavy (non-hydrogen) atoms. The fourth-order valence-electron chi connectivity index (χ4n) is 12.7. The molecule has 41 heteroatoms. The number of aryl methyl sites for hydroxylation is 1. The van der Waals surface area contributed by atoms with Gasteiger partial charge in [0.15, 0.2) is 5.15 Å². The van der Waals surface area contributed by atoms with Gasteiger partial charge in [0, 0.05) is 142 Å². The molecule has 14 rings (SSSR count). The average Bonchev–Trinajstić information content (AvgIpc) is 1.59. The number of aromatic nitrogens is 2. The van der Waals surface area contributed by atoms with Gasteiger partial charge in [-0.1, -0.05) is 104 Å². The van der Waals surface area contributed by atoms with Crippen molar-refractivity contribution < 1.29 is 62.2 Å². The number of piperazine rings is 2. The van der Waals surface area contributed by atoms with Gasteiger partial charge in [-0.05, 0) is 148 Å². The predicted octanol–water partition coefficient (Wildman–Crippen LogP) is 15.6. The van der Waals surface area contributed by atoms with Gasteiger partial charge in [0.05, 0.1) is 92.1 Å². The highest BCUT2D eigenvalue weighted by molar-refractivity contribution is 7.90. The Morgan fingerprint density at radius 1 is 0.462 bits per heavy atom. The lowest BCUT2D eigenvalue weighted by Crippen LogP contribution is -2.47. The average molecular weight is 1880 g/mol. The molecule has 8 aromatic carbocycles. The van der Waals surface area contributed by atoms with Crippen LogP contribution in [0.1, 0.15) is 46.6 Å². The first kappa shape index (κ1) is 91.4. The van der Waals surface area contributed by atoms with Crippen LogP contribution in [0.3, 0.4) is 0 Å². The zero-order valence-electron chi connectivity index (χ0n) is 63.0. The van der Waals surface area contributed by atoms with Crippen LogP contribution in [0.25, 0.3) is 0 Å². The van der Waals surface area contributed by atoms with E-state index in [-0.39, 0.29) is 130 Å². The first-order valence-corrected chi connectivity index (χ1v) is 45.3. The van der Waals surface area contributed by atoms with Gasteiger partial charge in [-0.3, -0.25) is 4.90 Å². The fourth-order valence-corrected chi connectivity index (χ4v) is 20.2. The Balaban J connectivity index is 0.000000157. The molecule has 4 saturated heterocycles. The Morgan fingerprint density at radius 2 is 0.815 bits per heavy atom. The summed E-state index contributed by atoms with van der Waals surface area (Å²) in [4.78, 5) is 22.6. The van der Waals surface area contributed by atoms with Crippen molar-refractivity contribution in [3.05, 3.63) is 225 Å². The summed E-state index contributed by atoms with van der Waals surface area (Å²) in [5.74, 6) is 1.66. The van der Waals surface area contributed by atoms with Gasteiger partial charge >= 0.3 is 6.03 Å². The van der Waals surface area contributed by atoms with Crippen molar-refractivity contribution in [3.63, 3.8) is 0 Å². The molecule has 2 N–H and O–H groups in total. The van der Waals surface area contributed by atoms with E-state index in [2.05, 4.69) is 24.8 Å². The summed E-state index contributed by atoms with van der Waals surface area (Å²) in [6, 6.07) is 43.0. The monoisotopic (exact) mass is 1870 g/mol. The van der Waals surface area contributed by atoms with E-state index in [1.807, 2.05) is 31.3 Å². The molecule has 624 valence electrons. The maximum atomic E-state index is 13.7. The number of nitrogens with one attached hydrogen (secondary N) is 2. The zero-order chi connectivity index (χ0) is 85.7. The van der Waals surface area contributed by atoms with E-state index < -0.39 is 40.1 Å². The molecule has 1 aromatic heterocycles. The van der Waals surface area contributed by atoms with Gasteiger partial charge < -0.3 is 38.8 Å². The lowest BCUT2D eigenvalue weighted by atomic mass is 10.1. The Hall–Kier alpha value is -8.31. The van der Waals surface area contributed by atoms with Crippen molar-refractivity contribution in [1.82, 2.24) is 47.2 Å². The van der Waals surface area contributed by atoms with Crippen molar-refractivity contribution >= 4 is 151 Å². The summed E-state index contributed by atoms with van der Waals surface area (Å²) < 4.78 is 142. The van der Waals surface area contributed by atoms with E-state index in [0.29, 0.717) is 138 Å². The largest absolute Gasteiger partial charge is 0.454 e. The number of nitriles is 4. The van der Waals surface area contributed by atoms with Gasteiger partial charge in [0.1, 0.15) is 71.4 Å². The minimum Gasteiger partial charge on any atom is -0.454 e. The molecule has 0 spiro atoms. The van der Waals surface area contributed by atoms with Crippen LogP contribution in [-0.2, 0) is 51.4 Å². The van der Waals surface area contributed by atoms with Crippen LogP contribution < -0.4 is 29.0 Å². The Bertz CT molecular complexity index is 5970. The Kier molecular flexibility index (Phi) is 31.2. The normalized spacial score (nSPS) is 15.9. The maximum absolute atomic E-state index is 13.7. The van der Waals surface area contributed by atoms with Gasteiger partial charge in [0.2, 0.25) is 40.1 Å². The number of halogens is 9. The lowest BCUT2D eigenvalue weighted by Gasteiger charge is -2.35.